The highest BCUT2D eigenvalue weighted by atomic mass is 16.1. The van der Waals surface area contributed by atoms with E-state index in [-0.39, 0.29) is 11.6 Å². The van der Waals surface area contributed by atoms with E-state index in [2.05, 4.69) is 0 Å². The summed E-state index contributed by atoms with van der Waals surface area (Å²) in [6.45, 7) is 0. The van der Waals surface area contributed by atoms with Gasteiger partial charge in [-0.15, -0.1) is 0 Å². The molecule has 4 aromatic rings. The minimum atomic E-state index is -0.0835. The fourth-order valence-electron chi connectivity index (χ4n) is 3.82. The molecule has 0 unspecified atom stereocenters. The molecule has 0 aromatic heterocycles. The summed E-state index contributed by atoms with van der Waals surface area (Å²) < 4.78 is 0. The van der Waals surface area contributed by atoms with Crippen molar-refractivity contribution in [2.75, 3.05) is 0 Å². The third-order valence-corrected chi connectivity index (χ3v) is 5.02. The predicted molar refractivity (Wildman–Crippen MR) is 103 cm³/mol. The summed E-state index contributed by atoms with van der Waals surface area (Å²) in [5.41, 5.74) is 3.75. The van der Waals surface area contributed by atoms with Gasteiger partial charge in [-0.2, -0.15) is 0 Å². The van der Waals surface area contributed by atoms with Crippen molar-refractivity contribution in [1.82, 2.24) is 0 Å². The van der Waals surface area contributed by atoms with Gasteiger partial charge in [-0.25, -0.2) is 0 Å². The van der Waals surface area contributed by atoms with Gasteiger partial charge in [0.25, 0.3) is 0 Å². The van der Waals surface area contributed by atoms with Crippen LogP contribution in [0.3, 0.4) is 0 Å². The highest BCUT2D eigenvalue weighted by molar-refractivity contribution is 6.33. The summed E-state index contributed by atoms with van der Waals surface area (Å²) in [5.74, 6) is -0.163. The van der Waals surface area contributed by atoms with Crippen LogP contribution in [0.25, 0.3) is 21.9 Å². The Morgan fingerprint density at radius 3 is 1.96 bits per heavy atom. The van der Waals surface area contributed by atoms with Crippen molar-refractivity contribution in [3.8, 4) is 11.1 Å². The molecule has 2 heteroatoms. The molecule has 5 rings (SSSR count). The molecule has 0 saturated heterocycles. The van der Waals surface area contributed by atoms with Crippen LogP contribution in [0.2, 0.25) is 0 Å². The maximum atomic E-state index is 13.3. The zero-order chi connectivity index (χ0) is 17.7. The second kappa shape index (κ2) is 5.50. The second-order valence-electron chi connectivity index (χ2n) is 6.46. The number of ketones is 2. The van der Waals surface area contributed by atoms with Gasteiger partial charge in [-0.1, -0.05) is 78.9 Å². The van der Waals surface area contributed by atoms with Crippen LogP contribution >= 0.6 is 0 Å². The standard InChI is InChI=1S/C24H14O2/c25-23-19-12-6-11-18(15-7-2-1-3-8-15)21(19)24(26)20-14-13-16-9-4-5-10-17(16)22(20)23/h1-14H. The maximum absolute atomic E-state index is 13.3. The van der Waals surface area contributed by atoms with E-state index in [4.69, 9.17) is 0 Å². The highest BCUT2D eigenvalue weighted by Crippen LogP contribution is 2.37. The summed E-state index contributed by atoms with van der Waals surface area (Å²) >= 11 is 0. The molecule has 0 radical (unpaired) electrons. The Balaban J connectivity index is 1.83. The first-order valence-corrected chi connectivity index (χ1v) is 8.55. The van der Waals surface area contributed by atoms with Crippen LogP contribution in [0.1, 0.15) is 31.8 Å². The number of fused-ring (bicyclic) bond motifs is 4. The lowest BCUT2D eigenvalue weighted by molar-refractivity contribution is 0.0981. The molecule has 0 aliphatic heterocycles. The van der Waals surface area contributed by atoms with Gasteiger partial charge in [0.05, 0.1) is 0 Å². The topological polar surface area (TPSA) is 34.1 Å². The van der Waals surface area contributed by atoms with Crippen molar-refractivity contribution in [2.24, 2.45) is 0 Å². The molecule has 122 valence electrons. The molecule has 0 fully saturated rings. The fourth-order valence-corrected chi connectivity index (χ4v) is 3.82. The van der Waals surface area contributed by atoms with Gasteiger partial charge in [0.15, 0.2) is 11.6 Å². The molecule has 1 aliphatic rings. The minimum absolute atomic E-state index is 0.0795. The number of carbonyl (C=O) groups excluding carboxylic acids is 2. The van der Waals surface area contributed by atoms with Gasteiger partial charge in [0.1, 0.15) is 0 Å². The summed E-state index contributed by atoms with van der Waals surface area (Å²) in [4.78, 5) is 26.6. The largest absolute Gasteiger partial charge is 0.289 e. The molecule has 0 N–H and O–H groups in total. The van der Waals surface area contributed by atoms with Gasteiger partial charge in [-0.3, -0.25) is 9.59 Å². The Labute approximate surface area is 150 Å². The monoisotopic (exact) mass is 334 g/mol. The summed E-state index contributed by atoms with van der Waals surface area (Å²) in [7, 11) is 0. The molecule has 4 aromatic carbocycles. The van der Waals surface area contributed by atoms with Crippen LogP contribution in [-0.2, 0) is 0 Å². The van der Waals surface area contributed by atoms with Crippen LogP contribution in [-0.4, -0.2) is 11.6 Å². The molecule has 0 atom stereocenters. The molecule has 0 saturated carbocycles. The number of carbonyl (C=O) groups is 2. The van der Waals surface area contributed by atoms with Crippen molar-refractivity contribution in [3.63, 3.8) is 0 Å². The van der Waals surface area contributed by atoms with E-state index < -0.39 is 0 Å². The normalized spacial score (nSPS) is 12.8. The first-order chi connectivity index (χ1) is 12.8. The first-order valence-electron chi connectivity index (χ1n) is 8.55. The van der Waals surface area contributed by atoms with Crippen LogP contribution in [0.5, 0.6) is 0 Å². The Kier molecular flexibility index (Phi) is 3.13. The Hall–Kier alpha value is -3.52. The molecular weight excluding hydrogens is 320 g/mol. The maximum Gasteiger partial charge on any atom is 0.195 e. The number of benzene rings is 4. The summed E-state index contributed by atoms with van der Waals surface area (Å²) in [6.07, 6.45) is 0. The van der Waals surface area contributed by atoms with Crippen molar-refractivity contribution in [2.45, 2.75) is 0 Å². The third kappa shape index (κ3) is 1.99. The van der Waals surface area contributed by atoms with Gasteiger partial charge >= 0.3 is 0 Å². The minimum Gasteiger partial charge on any atom is -0.289 e. The van der Waals surface area contributed by atoms with Crippen LogP contribution < -0.4 is 0 Å². The van der Waals surface area contributed by atoms with Gasteiger partial charge in [0, 0.05) is 22.3 Å². The summed E-state index contributed by atoms with van der Waals surface area (Å²) in [6, 6.07) is 26.6. The van der Waals surface area contributed by atoms with Crippen molar-refractivity contribution >= 4 is 22.3 Å². The average Bonchev–Trinajstić information content (AvgIpc) is 2.71. The predicted octanol–water partition coefficient (Wildman–Crippen LogP) is 5.28. The van der Waals surface area contributed by atoms with Gasteiger partial charge in [0.2, 0.25) is 0 Å². The van der Waals surface area contributed by atoms with Crippen LogP contribution in [0, 0.1) is 0 Å². The third-order valence-electron chi connectivity index (χ3n) is 5.02. The lowest BCUT2D eigenvalue weighted by Gasteiger charge is -2.21. The SMILES string of the molecule is O=C1c2ccc3ccccc3c2C(=O)c2cccc(-c3ccccc3)c21. The van der Waals surface area contributed by atoms with E-state index in [0.717, 1.165) is 21.9 Å². The van der Waals surface area contributed by atoms with Crippen molar-refractivity contribution in [3.05, 3.63) is 107 Å². The lowest BCUT2D eigenvalue weighted by Crippen LogP contribution is -2.22. The molecule has 0 spiro atoms. The van der Waals surface area contributed by atoms with Crippen molar-refractivity contribution in [1.29, 1.82) is 0 Å². The zero-order valence-corrected chi connectivity index (χ0v) is 13.9. The lowest BCUT2D eigenvalue weighted by atomic mass is 9.79. The Morgan fingerprint density at radius 1 is 0.462 bits per heavy atom. The average molecular weight is 334 g/mol. The van der Waals surface area contributed by atoms with E-state index >= 15 is 0 Å². The molecular formula is C24H14O2. The molecule has 2 nitrogen and oxygen atoms in total. The van der Waals surface area contributed by atoms with E-state index in [1.807, 2.05) is 72.8 Å². The van der Waals surface area contributed by atoms with E-state index in [0.29, 0.717) is 22.3 Å². The van der Waals surface area contributed by atoms with E-state index in [1.54, 1.807) is 12.1 Å². The second-order valence-corrected chi connectivity index (χ2v) is 6.46. The number of hydrogen-bond acceptors (Lipinski definition) is 2. The quantitative estimate of drug-likeness (QED) is 0.418. The Bertz CT molecular complexity index is 1200. The summed E-state index contributed by atoms with van der Waals surface area (Å²) in [5, 5.41) is 1.80. The number of hydrogen-bond donors (Lipinski definition) is 0. The highest BCUT2D eigenvalue weighted by Gasteiger charge is 2.32. The molecule has 26 heavy (non-hydrogen) atoms. The number of rotatable bonds is 1. The van der Waals surface area contributed by atoms with E-state index in [9.17, 15) is 9.59 Å². The fraction of sp³-hybridized carbons (Fsp3) is 0. The van der Waals surface area contributed by atoms with E-state index in [1.165, 1.54) is 0 Å². The zero-order valence-electron chi connectivity index (χ0n) is 13.9. The van der Waals surface area contributed by atoms with Crippen LogP contribution in [0.4, 0.5) is 0 Å². The Morgan fingerprint density at radius 2 is 1.12 bits per heavy atom. The van der Waals surface area contributed by atoms with Crippen LogP contribution in [0.15, 0.2) is 84.9 Å². The molecule has 1 aliphatic carbocycles. The molecule has 0 amide bonds. The molecule has 0 bridgehead atoms. The first kappa shape index (κ1) is 14.8. The smallest absolute Gasteiger partial charge is 0.195 e. The van der Waals surface area contributed by atoms with Gasteiger partial charge in [-0.05, 0) is 28.0 Å². The molecule has 0 heterocycles. The van der Waals surface area contributed by atoms with Crippen molar-refractivity contribution < 1.29 is 9.59 Å². The van der Waals surface area contributed by atoms with Gasteiger partial charge < -0.3 is 0 Å².